The summed E-state index contributed by atoms with van der Waals surface area (Å²) in [5, 5.41) is 18.1. The van der Waals surface area contributed by atoms with Crippen LogP contribution in [0.25, 0.3) is 0 Å². The van der Waals surface area contributed by atoms with E-state index in [0.29, 0.717) is 5.56 Å². The van der Waals surface area contributed by atoms with Crippen molar-refractivity contribution in [2.45, 2.75) is 6.92 Å². The third kappa shape index (κ3) is 1.74. The summed E-state index contributed by atoms with van der Waals surface area (Å²) in [5.41, 5.74) is 6.28. The highest BCUT2D eigenvalue weighted by atomic mass is 79.9. The Bertz CT molecular complexity index is 378. The number of hydrogen-bond donors (Lipinski definition) is 2. The first-order valence-corrected chi connectivity index (χ1v) is 4.52. The van der Waals surface area contributed by atoms with E-state index < -0.39 is 4.92 Å². The zero-order chi connectivity index (χ0) is 10.9. The van der Waals surface area contributed by atoms with Crippen LogP contribution in [-0.4, -0.2) is 9.54 Å². The van der Waals surface area contributed by atoms with Gasteiger partial charge in [0, 0.05) is 11.3 Å². The van der Waals surface area contributed by atoms with Gasteiger partial charge < -0.3 is 5.73 Å². The number of nitrogens with one attached hydrogen (secondary N) is 1. The highest BCUT2D eigenvalue weighted by Gasteiger charge is 2.21. The van der Waals surface area contributed by atoms with Crippen LogP contribution in [0.1, 0.15) is 11.1 Å². The number of rotatable bonds is 2. The van der Waals surface area contributed by atoms with Crippen molar-refractivity contribution < 1.29 is 4.92 Å². The highest BCUT2D eigenvalue weighted by Crippen LogP contribution is 2.29. The van der Waals surface area contributed by atoms with E-state index in [1.165, 1.54) is 0 Å². The first kappa shape index (κ1) is 10.6. The summed E-state index contributed by atoms with van der Waals surface area (Å²) in [5.74, 6) is 0. The van der Waals surface area contributed by atoms with Gasteiger partial charge in [-0.1, -0.05) is 6.07 Å². The van der Waals surface area contributed by atoms with Crippen LogP contribution >= 0.6 is 15.9 Å². The topological polar surface area (TPSA) is 93.0 Å². The Hall–Kier alpha value is -1.43. The van der Waals surface area contributed by atoms with E-state index >= 15 is 0 Å². The van der Waals surface area contributed by atoms with Crippen molar-refractivity contribution in [3.05, 3.63) is 33.4 Å². The summed E-state index contributed by atoms with van der Waals surface area (Å²) in [4.78, 5) is 10.2. The molecule has 1 rings (SSSR count). The summed E-state index contributed by atoms with van der Waals surface area (Å²) in [7, 11) is 0. The van der Waals surface area contributed by atoms with Crippen molar-refractivity contribution in [2.75, 3.05) is 5.73 Å². The van der Waals surface area contributed by atoms with E-state index in [1.807, 2.05) is 0 Å². The van der Waals surface area contributed by atoms with Crippen molar-refractivity contribution in [1.29, 1.82) is 5.41 Å². The Morgan fingerprint density at radius 1 is 1.64 bits per heavy atom. The van der Waals surface area contributed by atoms with Crippen LogP contribution in [0.15, 0.2) is 12.1 Å². The van der Waals surface area contributed by atoms with E-state index in [4.69, 9.17) is 11.1 Å². The van der Waals surface area contributed by atoms with Crippen molar-refractivity contribution in [2.24, 2.45) is 0 Å². The molecule has 0 amide bonds. The Balaban J connectivity index is 3.58. The van der Waals surface area contributed by atoms with Gasteiger partial charge in [0.2, 0.25) is 0 Å². The molecule has 0 aliphatic rings. The average Bonchev–Trinajstić information content (AvgIpc) is 2.07. The van der Waals surface area contributed by atoms with Gasteiger partial charge in [-0.05, 0) is 28.9 Å². The van der Waals surface area contributed by atoms with Gasteiger partial charge in [-0.2, -0.15) is 0 Å². The molecule has 14 heavy (non-hydrogen) atoms. The standard InChI is InChI=1S/C8H8BrN3O2/c1-4-2-3-5(10)6(8(9)11)7(4)12(13)14/h2-3,11H,10H2,1H3. The van der Waals surface area contributed by atoms with E-state index in [9.17, 15) is 10.1 Å². The third-order valence-corrected chi connectivity index (χ3v) is 2.21. The number of hydrogen-bond acceptors (Lipinski definition) is 4. The predicted octanol–water partition coefficient (Wildman–Crippen LogP) is 2.21. The minimum atomic E-state index is -0.531. The zero-order valence-electron chi connectivity index (χ0n) is 7.37. The van der Waals surface area contributed by atoms with Gasteiger partial charge in [0.25, 0.3) is 5.69 Å². The molecule has 6 heteroatoms. The molecule has 0 fully saturated rings. The SMILES string of the molecule is Cc1ccc(N)c(C(=N)Br)c1[N+](=O)[O-]. The second-order valence-electron chi connectivity index (χ2n) is 2.77. The molecular weight excluding hydrogens is 250 g/mol. The van der Waals surface area contributed by atoms with Gasteiger partial charge >= 0.3 is 0 Å². The summed E-state index contributed by atoms with van der Waals surface area (Å²) < 4.78 is -0.0783. The third-order valence-electron chi connectivity index (χ3n) is 1.81. The molecule has 0 atom stereocenters. The zero-order valence-corrected chi connectivity index (χ0v) is 8.96. The maximum absolute atomic E-state index is 10.7. The number of nitrogen functional groups attached to an aromatic ring is 1. The molecule has 0 saturated heterocycles. The summed E-state index contributed by atoms with van der Waals surface area (Å²) >= 11 is 2.89. The van der Waals surface area contributed by atoms with Crippen LogP contribution in [0.5, 0.6) is 0 Å². The Morgan fingerprint density at radius 3 is 2.57 bits per heavy atom. The van der Waals surface area contributed by atoms with Gasteiger partial charge in [0.1, 0.15) is 10.2 Å². The molecule has 3 N–H and O–H groups in total. The Labute approximate surface area is 88.7 Å². The van der Waals surface area contributed by atoms with Crippen molar-refractivity contribution in [1.82, 2.24) is 0 Å². The molecule has 0 saturated carbocycles. The van der Waals surface area contributed by atoms with Gasteiger partial charge in [-0.15, -0.1) is 0 Å². The molecule has 1 aromatic rings. The maximum atomic E-state index is 10.7. The van der Waals surface area contributed by atoms with E-state index in [-0.39, 0.29) is 21.6 Å². The molecule has 0 unspecified atom stereocenters. The Kier molecular flexibility index (Phi) is 2.85. The van der Waals surface area contributed by atoms with Crippen LogP contribution in [0.4, 0.5) is 11.4 Å². The van der Waals surface area contributed by atoms with Crippen molar-refractivity contribution in [3.63, 3.8) is 0 Å². The lowest BCUT2D eigenvalue weighted by atomic mass is 10.1. The summed E-state index contributed by atoms with van der Waals surface area (Å²) in [6.45, 7) is 1.61. The van der Waals surface area contributed by atoms with Crippen molar-refractivity contribution >= 4 is 31.9 Å². The van der Waals surface area contributed by atoms with E-state index in [2.05, 4.69) is 15.9 Å². The molecule has 1 aromatic carbocycles. The van der Waals surface area contributed by atoms with Crippen LogP contribution in [0.3, 0.4) is 0 Å². The number of anilines is 1. The van der Waals surface area contributed by atoms with E-state index in [1.54, 1.807) is 19.1 Å². The quantitative estimate of drug-likeness (QED) is 0.368. The number of benzene rings is 1. The summed E-state index contributed by atoms with van der Waals surface area (Å²) in [6, 6.07) is 3.11. The molecule has 0 aliphatic heterocycles. The minimum Gasteiger partial charge on any atom is -0.398 e. The molecule has 0 spiro atoms. The normalized spacial score (nSPS) is 9.86. The predicted molar refractivity (Wildman–Crippen MR) is 58.0 cm³/mol. The minimum absolute atomic E-state index is 0.0783. The number of nitro benzene ring substituents is 1. The number of nitrogens with two attached hydrogens (primary N) is 1. The van der Waals surface area contributed by atoms with Gasteiger partial charge in [0.15, 0.2) is 0 Å². The van der Waals surface area contributed by atoms with Crippen LogP contribution < -0.4 is 5.73 Å². The fourth-order valence-electron chi connectivity index (χ4n) is 1.18. The second kappa shape index (κ2) is 3.75. The first-order chi connectivity index (χ1) is 6.45. The molecule has 0 aromatic heterocycles. The second-order valence-corrected chi connectivity index (χ2v) is 3.56. The highest BCUT2D eigenvalue weighted by molar-refractivity contribution is 9.18. The lowest BCUT2D eigenvalue weighted by molar-refractivity contribution is -0.385. The molecule has 0 radical (unpaired) electrons. The summed E-state index contributed by atoms with van der Waals surface area (Å²) in [6.07, 6.45) is 0. The molecule has 74 valence electrons. The fraction of sp³-hybridized carbons (Fsp3) is 0.125. The fourth-order valence-corrected chi connectivity index (χ4v) is 1.59. The lowest BCUT2D eigenvalue weighted by Gasteiger charge is -2.05. The number of aryl methyl sites for hydroxylation is 1. The molecule has 0 bridgehead atoms. The number of nitrogens with zero attached hydrogens (tertiary/aromatic N) is 1. The maximum Gasteiger partial charge on any atom is 0.284 e. The van der Waals surface area contributed by atoms with Gasteiger partial charge in [0.05, 0.1) is 4.92 Å². The van der Waals surface area contributed by atoms with Crippen LogP contribution in [0, 0.1) is 22.4 Å². The van der Waals surface area contributed by atoms with Crippen molar-refractivity contribution in [3.8, 4) is 0 Å². The van der Waals surface area contributed by atoms with Crippen LogP contribution in [0.2, 0.25) is 0 Å². The van der Waals surface area contributed by atoms with Gasteiger partial charge in [-0.3, -0.25) is 15.5 Å². The first-order valence-electron chi connectivity index (χ1n) is 3.73. The molecule has 5 nitrogen and oxygen atoms in total. The Morgan fingerprint density at radius 2 is 2.21 bits per heavy atom. The van der Waals surface area contributed by atoms with Crippen LogP contribution in [-0.2, 0) is 0 Å². The largest absolute Gasteiger partial charge is 0.398 e. The smallest absolute Gasteiger partial charge is 0.284 e. The van der Waals surface area contributed by atoms with Gasteiger partial charge in [-0.25, -0.2) is 0 Å². The molecule has 0 heterocycles. The molecule has 0 aliphatic carbocycles. The number of halogens is 1. The number of nitro groups is 1. The molecular formula is C8H8BrN3O2. The van der Waals surface area contributed by atoms with E-state index in [0.717, 1.165) is 0 Å². The monoisotopic (exact) mass is 257 g/mol. The average molecular weight is 258 g/mol. The lowest BCUT2D eigenvalue weighted by Crippen LogP contribution is -2.04.